The van der Waals surface area contributed by atoms with E-state index in [9.17, 15) is 0 Å². The Morgan fingerprint density at radius 3 is 2.52 bits per heavy atom. The fourth-order valence-corrected chi connectivity index (χ4v) is 2.36. The maximum absolute atomic E-state index is 5.36. The molecule has 2 heterocycles. The zero-order chi connectivity index (χ0) is 15.0. The molecular weight excluding hydrogens is 264 g/mol. The van der Waals surface area contributed by atoms with Crippen LogP contribution in [0.15, 0.2) is 34.9 Å². The number of hydrogen-bond acceptors (Lipinski definition) is 4. The Balaban J connectivity index is 2.13. The lowest BCUT2D eigenvalue weighted by atomic mass is 10.1. The molecule has 3 rings (SSSR count). The van der Waals surface area contributed by atoms with Gasteiger partial charge < -0.3 is 9.26 Å². The van der Waals surface area contributed by atoms with Crippen molar-refractivity contribution in [2.45, 2.75) is 26.7 Å². The lowest BCUT2D eigenvalue weighted by Gasteiger charge is -2.08. The van der Waals surface area contributed by atoms with Gasteiger partial charge in [-0.1, -0.05) is 25.1 Å². The number of rotatable bonds is 3. The highest BCUT2D eigenvalue weighted by molar-refractivity contribution is 5.85. The highest BCUT2D eigenvalue weighted by Crippen LogP contribution is 2.29. The number of hydrogen-bond donors (Lipinski definition) is 0. The molecule has 0 atom stereocenters. The lowest BCUT2D eigenvalue weighted by molar-refractivity contribution is 0.373. The first-order valence-electron chi connectivity index (χ1n) is 7.01. The van der Waals surface area contributed by atoms with Crippen LogP contribution in [-0.2, 0) is 0 Å². The number of benzene rings is 1. The molecule has 0 aliphatic carbocycles. The van der Waals surface area contributed by atoms with Crippen LogP contribution in [0.25, 0.3) is 22.3 Å². The molecule has 0 saturated heterocycles. The van der Waals surface area contributed by atoms with Crippen LogP contribution in [0.1, 0.15) is 31.1 Å². The monoisotopic (exact) mass is 282 g/mol. The van der Waals surface area contributed by atoms with Crippen LogP contribution in [0.5, 0.6) is 5.75 Å². The minimum atomic E-state index is 0.313. The van der Waals surface area contributed by atoms with Gasteiger partial charge in [-0.25, -0.2) is 4.98 Å². The van der Waals surface area contributed by atoms with Gasteiger partial charge in [0.15, 0.2) is 0 Å². The van der Waals surface area contributed by atoms with Crippen molar-refractivity contribution < 1.29 is 9.26 Å². The largest absolute Gasteiger partial charge is 0.496 e. The summed E-state index contributed by atoms with van der Waals surface area (Å²) in [6.45, 7) is 6.17. The maximum atomic E-state index is 5.36. The van der Waals surface area contributed by atoms with Crippen LogP contribution < -0.4 is 4.74 Å². The van der Waals surface area contributed by atoms with Gasteiger partial charge in [0.1, 0.15) is 17.2 Å². The van der Waals surface area contributed by atoms with Gasteiger partial charge in [-0.15, -0.1) is 0 Å². The number of methoxy groups -OCH3 is 1. The maximum Gasteiger partial charge on any atom is 0.139 e. The zero-order valence-electron chi connectivity index (χ0n) is 12.7. The molecule has 0 N–H and O–H groups in total. The van der Waals surface area contributed by atoms with Crippen molar-refractivity contribution in [2.75, 3.05) is 7.11 Å². The van der Waals surface area contributed by atoms with Gasteiger partial charge in [-0.2, -0.15) is 0 Å². The standard InChI is InChI=1S/C17H18N2O2/c1-10(2)16-9-14(19-21-16)13-7-5-12-6-8-15(20-4)11(3)17(12)18-13/h5-10H,1-4H3. The van der Waals surface area contributed by atoms with E-state index in [-0.39, 0.29) is 0 Å². The van der Waals surface area contributed by atoms with Crippen LogP contribution in [0.4, 0.5) is 0 Å². The van der Waals surface area contributed by atoms with E-state index in [4.69, 9.17) is 14.2 Å². The predicted octanol–water partition coefficient (Wildman–Crippen LogP) is 4.33. The Bertz CT molecular complexity index is 791. The Morgan fingerprint density at radius 2 is 1.86 bits per heavy atom. The molecule has 0 unspecified atom stereocenters. The molecule has 0 saturated carbocycles. The molecule has 0 aliphatic heterocycles. The van der Waals surface area contributed by atoms with Crippen molar-refractivity contribution in [2.24, 2.45) is 0 Å². The summed E-state index contributed by atoms with van der Waals surface area (Å²) in [6.07, 6.45) is 0. The van der Waals surface area contributed by atoms with Gasteiger partial charge in [-0.05, 0) is 25.1 Å². The summed E-state index contributed by atoms with van der Waals surface area (Å²) >= 11 is 0. The average Bonchev–Trinajstić information content (AvgIpc) is 2.97. The second kappa shape index (κ2) is 5.20. The number of aromatic nitrogens is 2. The molecule has 1 aromatic carbocycles. The van der Waals surface area contributed by atoms with Crippen LogP contribution in [0.3, 0.4) is 0 Å². The smallest absolute Gasteiger partial charge is 0.139 e. The van der Waals surface area contributed by atoms with E-state index >= 15 is 0 Å². The van der Waals surface area contributed by atoms with E-state index in [1.165, 1.54) is 0 Å². The lowest BCUT2D eigenvalue weighted by Crippen LogP contribution is -1.92. The van der Waals surface area contributed by atoms with Gasteiger partial charge in [0, 0.05) is 22.9 Å². The molecule has 0 amide bonds. The molecule has 2 aromatic heterocycles. The number of nitrogens with zero attached hydrogens (tertiary/aromatic N) is 2. The molecule has 4 nitrogen and oxygen atoms in total. The highest BCUT2D eigenvalue weighted by Gasteiger charge is 2.12. The molecule has 3 aromatic rings. The Morgan fingerprint density at radius 1 is 1.10 bits per heavy atom. The molecule has 21 heavy (non-hydrogen) atoms. The first kappa shape index (κ1) is 13.6. The molecule has 0 radical (unpaired) electrons. The Hall–Kier alpha value is -2.36. The average molecular weight is 282 g/mol. The predicted molar refractivity (Wildman–Crippen MR) is 82.6 cm³/mol. The molecule has 0 aliphatic rings. The fourth-order valence-electron chi connectivity index (χ4n) is 2.36. The van der Waals surface area contributed by atoms with E-state index in [0.29, 0.717) is 5.92 Å². The third-order valence-corrected chi connectivity index (χ3v) is 3.65. The molecular formula is C17H18N2O2. The molecule has 4 heteroatoms. The summed E-state index contributed by atoms with van der Waals surface area (Å²) in [7, 11) is 1.67. The zero-order valence-corrected chi connectivity index (χ0v) is 12.7. The number of pyridine rings is 1. The van der Waals surface area contributed by atoms with Crippen LogP contribution in [0.2, 0.25) is 0 Å². The van der Waals surface area contributed by atoms with E-state index in [0.717, 1.165) is 39.4 Å². The van der Waals surface area contributed by atoms with Crippen molar-refractivity contribution in [3.05, 3.63) is 41.7 Å². The normalized spacial score (nSPS) is 11.3. The summed E-state index contributed by atoms with van der Waals surface area (Å²) in [5, 5.41) is 5.21. The second-order valence-electron chi connectivity index (χ2n) is 5.43. The Labute approximate surface area is 123 Å². The van der Waals surface area contributed by atoms with Crippen molar-refractivity contribution in [3.63, 3.8) is 0 Å². The number of fused-ring (bicyclic) bond motifs is 1. The summed E-state index contributed by atoms with van der Waals surface area (Å²) < 4.78 is 10.7. The van der Waals surface area contributed by atoms with Gasteiger partial charge in [0.05, 0.1) is 18.3 Å². The summed E-state index contributed by atoms with van der Waals surface area (Å²) in [5.41, 5.74) is 3.54. The third-order valence-electron chi connectivity index (χ3n) is 3.65. The first-order chi connectivity index (χ1) is 10.1. The summed E-state index contributed by atoms with van der Waals surface area (Å²) in [4.78, 5) is 4.72. The van der Waals surface area contributed by atoms with Crippen molar-refractivity contribution >= 4 is 10.9 Å². The van der Waals surface area contributed by atoms with Gasteiger partial charge in [-0.3, -0.25) is 0 Å². The van der Waals surface area contributed by atoms with Gasteiger partial charge in [0.25, 0.3) is 0 Å². The minimum Gasteiger partial charge on any atom is -0.496 e. The molecule has 0 bridgehead atoms. The fraction of sp³-hybridized carbons (Fsp3) is 0.294. The second-order valence-corrected chi connectivity index (χ2v) is 5.43. The van der Waals surface area contributed by atoms with Gasteiger partial charge in [0.2, 0.25) is 0 Å². The summed E-state index contributed by atoms with van der Waals surface area (Å²) in [5.74, 6) is 2.03. The minimum absolute atomic E-state index is 0.313. The number of ether oxygens (including phenoxy) is 1. The summed E-state index contributed by atoms with van der Waals surface area (Å²) in [6, 6.07) is 9.95. The van der Waals surface area contributed by atoms with Crippen LogP contribution >= 0.6 is 0 Å². The third kappa shape index (κ3) is 2.37. The quantitative estimate of drug-likeness (QED) is 0.717. The van der Waals surface area contributed by atoms with Crippen LogP contribution in [0, 0.1) is 6.92 Å². The van der Waals surface area contributed by atoms with Gasteiger partial charge >= 0.3 is 0 Å². The molecule has 108 valence electrons. The van der Waals surface area contributed by atoms with Crippen molar-refractivity contribution in [1.29, 1.82) is 0 Å². The Kier molecular flexibility index (Phi) is 3.37. The SMILES string of the molecule is COc1ccc2ccc(-c3cc(C(C)C)on3)nc2c1C. The highest BCUT2D eigenvalue weighted by atomic mass is 16.5. The molecule has 0 fully saturated rings. The number of aryl methyl sites for hydroxylation is 1. The van der Waals surface area contributed by atoms with Crippen LogP contribution in [-0.4, -0.2) is 17.3 Å². The first-order valence-corrected chi connectivity index (χ1v) is 7.01. The van der Waals surface area contributed by atoms with Crippen molar-refractivity contribution in [1.82, 2.24) is 10.1 Å². The van der Waals surface area contributed by atoms with Crippen molar-refractivity contribution in [3.8, 4) is 17.1 Å². The van der Waals surface area contributed by atoms with E-state index in [1.54, 1.807) is 7.11 Å². The van der Waals surface area contributed by atoms with E-state index in [2.05, 4.69) is 19.0 Å². The topological polar surface area (TPSA) is 48.2 Å². The van der Waals surface area contributed by atoms with E-state index < -0.39 is 0 Å². The van der Waals surface area contributed by atoms with E-state index in [1.807, 2.05) is 37.3 Å². The molecule has 0 spiro atoms.